The smallest absolute Gasteiger partial charge is 0.271 e. The predicted molar refractivity (Wildman–Crippen MR) is 229 cm³/mol. The van der Waals surface area contributed by atoms with E-state index in [0.717, 1.165) is 63.2 Å². The number of nitrogen functional groups attached to an aromatic ring is 1. The zero-order valence-electron chi connectivity index (χ0n) is 32.2. The van der Waals surface area contributed by atoms with Crippen molar-refractivity contribution in [1.29, 1.82) is 0 Å². The van der Waals surface area contributed by atoms with Gasteiger partial charge in [-0.2, -0.15) is 10.2 Å². The van der Waals surface area contributed by atoms with Crippen molar-refractivity contribution in [3.05, 3.63) is 130 Å². The number of hydrogen-bond acceptors (Lipinski definition) is 7. The summed E-state index contributed by atoms with van der Waals surface area (Å²) in [7, 11) is -2.26. The van der Waals surface area contributed by atoms with Gasteiger partial charge in [0.1, 0.15) is 13.5 Å². The Kier molecular flexibility index (Phi) is 13.5. The maximum absolute atomic E-state index is 11.2. The number of benzene rings is 4. The monoisotopic (exact) mass is 760 g/mol. The van der Waals surface area contributed by atoms with Gasteiger partial charge in [-0.05, 0) is 59.6 Å². The molecule has 0 bridgehead atoms. The van der Waals surface area contributed by atoms with Crippen molar-refractivity contribution in [1.82, 2.24) is 19.6 Å². The van der Waals surface area contributed by atoms with E-state index in [2.05, 4.69) is 62.6 Å². The first-order valence-electron chi connectivity index (χ1n) is 18.3. The number of nitro benzene ring substituents is 1. The van der Waals surface area contributed by atoms with Crippen LogP contribution in [0.3, 0.4) is 0 Å². The van der Waals surface area contributed by atoms with Gasteiger partial charge in [-0.25, -0.2) is 9.36 Å². The van der Waals surface area contributed by atoms with E-state index in [0.29, 0.717) is 18.9 Å². The molecule has 0 saturated heterocycles. The SMILES string of the molecule is C[Si](C)(C)CCOCn1nc(/C=C/c2ccccc2)c2ccc(N)cc21.C[Si](C)(C)CCOCn1nc(/C=C/c2ccccc2)c2ccc([N+](=O)[O-])cc21. The number of non-ortho nitro benzene ring substituents is 1. The van der Waals surface area contributed by atoms with Crippen molar-refractivity contribution in [2.24, 2.45) is 0 Å². The van der Waals surface area contributed by atoms with Gasteiger partial charge < -0.3 is 15.2 Å². The predicted octanol–water partition coefficient (Wildman–Crippen LogP) is 10.5. The molecule has 0 aliphatic carbocycles. The van der Waals surface area contributed by atoms with Crippen LogP contribution in [0.5, 0.6) is 0 Å². The van der Waals surface area contributed by atoms with E-state index in [1.165, 1.54) is 6.07 Å². The number of nitrogens with zero attached hydrogens (tertiary/aromatic N) is 5. The number of hydrogen-bond donors (Lipinski definition) is 1. The highest BCUT2D eigenvalue weighted by Gasteiger charge is 2.16. The van der Waals surface area contributed by atoms with E-state index in [1.54, 1.807) is 16.8 Å². The molecule has 10 nitrogen and oxygen atoms in total. The molecule has 6 aromatic rings. The molecule has 0 atom stereocenters. The largest absolute Gasteiger partial charge is 0.399 e. The van der Waals surface area contributed by atoms with E-state index in [1.807, 2.05) is 89.6 Å². The highest BCUT2D eigenvalue weighted by molar-refractivity contribution is 6.76. The second-order valence-corrected chi connectivity index (χ2v) is 26.9. The standard InChI is InChI=1S/C21H25N3O3Si.C21H27N3OSi/c1-28(2,3)14-13-27-16-23-21-15-18(24(25)26)10-11-19(21)20(22-23)12-9-17-7-5-4-6-8-17;1-26(2,3)14-13-25-16-24-21-15-18(22)10-11-19(21)20(23-24)12-9-17-7-5-4-6-8-17/h4-12,15H,13-14,16H2,1-3H3;4-12,15H,13-14,16,22H2,1-3H3/b2*12-9+. The molecule has 0 aliphatic heterocycles. The number of anilines is 1. The van der Waals surface area contributed by atoms with Crippen molar-refractivity contribution < 1.29 is 14.4 Å². The van der Waals surface area contributed by atoms with Gasteiger partial charge in [-0.1, -0.05) is 112 Å². The first-order chi connectivity index (χ1) is 25.8. The Morgan fingerprint density at radius 1 is 0.648 bits per heavy atom. The number of fused-ring (bicyclic) bond motifs is 2. The molecule has 4 aromatic carbocycles. The minimum atomic E-state index is -1.17. The molecule has 2 heterocycles. The summed E-state index contributed by atoms with van der Waals surface area (Å²) in [6.07, 6.45) is 8.04. The second-order valence-electron chi connectivity index (χ2n) is 15.7. The van der Waals surface area contributed by atoms with E-state index in [9.17, 15) is 10.1 Å². The Hall–Kier alpha value is -5.15. The molecule has 12 heteroatoms. The molecule has 282 valence electrons. The Morgan fingerprint density at radius 2 is 1.09 bits per heavy atom. The Balaban J connectivity index is 0.000000208. The summed E-state index contributed by atoms with van der Waals surface area (Å²) in [5, 5.41) is 22.5. The summed E-state index contributed by atoms with van der Waals surface area (Å²) in [6, 6.07) is 33.1. The molecule has 54 heavy (non-hydrogen) atoms. The minimum Gasteiger partial charge on any atom is -0.399 e. The van der Waals surface area contributed by atoms with E-state index >= 15 is 0 Å². The van der Waals surface area contributed by atoms with Gasteiger partial charge in [-0.3, -0.25) is 10.1 Å². The van der Waals surface area contributed by atoms with Crippen molar-refractivity contribution in [2.45, 2.75) is 64.8 Å². The summed E-state index contributed by atoms with van der Waals surface area (Å²) in [6.45, 7) is 16.1. The van der Waals surface area contributed by atoms with Gasteiger partial charge in [0.2, 0.25) is 0 Å². The van der Waals surface area contributed by atoms with Crippen molar-refractivity contribution in [3.63, 3.8) is 0 Å². The highest BCUT2D eigenvalue weighted by Crippen LogP contribution is 2.26. The van der Waals surface area contributed by atoms with Gasteiger partial charge in [-0.15, -0.1) is 0 Å². The number of nitro groups is 1. The zero-order chi connectivity index (χ0) is 38.7. The molecular weight excluding hydrogens is 709 g/mol. The molecule has 0 saturated carbocycles. The molecule has 2 aromatic heterocycles. The van der Waals surface area contributed by atoms with Crippen LogP contribution in [0.2, 0.25) is 51.4 Å². The molecular formula is C42H52N6O4Si2. The van der Waals surface area contributed by atoms with Gasteiger partial charge in [0.25, 0.3) is 5.69 Å². The lowest BCUT2D eigenvalue weighted by molar-refractivity contribution is -0.384. The summed E-state index contributed by atoms with van der Waals surface area (Å²) in [5.74, 6) is 0. The van der Waals surface area contributed by atoms with Crippen LogP contribution in [0, 0.1) is 10.1 Å². The first-order valence-corrected chi connectivity index (χ1v) is 25.7. The third-order valence-electron chi connectivity index (χ3n) is 8.67. The molecule has 0 unspecified atom stereocenters. The van der Waals surface area contributed by atoms with E-state index < -0.39 is 16.1 Å². The Morgan fingerprint density at radius 3 is 1.54 bits per heavy atom. The quantitative estimate of drug-likeness (QED) is 0.0363. The normalized spacial score (nSPS) is 12.2. The fraction of sp³-hybridized carbons (Fsp3) is 0.286. The van der Waals surface area contributed by atoms with Crippen LogP contribution < -0.4 is 5.73 Å². The van der Waals surface area contributed by atoms with Crippen LogP contribution >= 0.6 is 0 Å². The topological polar surface area (TPSA) is 123 Å². The van der Waals surface area contributed by atoms with Gasteiger partial charge in [0, 0.05) is 58.0 Å². The average molecular weight is 761 g/mol. The minimum absolute atomic E-state index is 0.0503. The number of aromatic nitrogens is 4. The fourth-order valence-electron chi connectivity index (χ4n) is 5.50. The summed E-state index contributed by atoms with van der Waals surface area (Å²) < 4.78 is 15.3. The molecule has 0 fully saturated rings. The van der Waals surface area contributed by atoms with Crippen LogP contribution in [-0.4, -0.2) is 53.8 Å². The Bertz CT molecular complexity index is 2200. The Labute approximate surface area is 320 Å². The summed E-state index contributed by atoms with van der Waals surface area (Å²) in [4.78, 5) is 10.8. The van der Waals surface area contributed by atoms with Gasteiger partial charge in [0.15, 0.2) is 0 Å². The highest BCUT2D eigenvalue weighted by atomic mass is 28.3. The lowest BCUT2D eigenvalue weighted by Crippen LogP contribution is -2.22. The number of ether oxygens (including phenoxy) is 2. The molecule has 6 rings (SSSR count). The second kappa shape index (κ2) is 18.3. The van der Waals surface area contributed by atoms with Crippen LogP contribution in [0.15, 0.2) is 97.1 Å². The molecule has 0 radical (unpaired) electrons. The third-order valence-corrected chi connectivity index (χ3v) is 12.1. The lowest BCUT2D eigenvalue weighted by Gasteiger charge is -2.15. The maximum atomic E-state index is 11.2. The zero-order valence-corrected chi connectivity index (χ0v) is 34.2. The van der Waals surface area contributed by atoms with Crippen molar-refractivity contribution >= 4 is 73.6 Å². The summed E-state index contributed by atoms with van der Waals surface area (Å²) in [5.41, 5.74) is 12.4. The van der Waals surface area contributed by atoms with Crippen molar-refractivity contribution in [3.8, 4) is 0 Å². The lowest BCUT2D eigenvalue weighted by atomic mass is 10.1. The van der Waals surface area contributed by atoms with Crippen LogP contribution in [0.4, 0.5) is 11.4 Å². The van der Waals surface area contributed by atoms with Gasteiger partial charge in [0.05, 0.1) is 27.3 Å². The van der Waals surface area contributed by atoms with Crippen LogP contribution in [0.25, 0.3) is 46.1 Å². The van der Waals surface area contributed by atoms with Crippen LogP contribution in [0.1, 0.15) is 22.5 Å². The van der Waals surface area contributed by atoms with Crippen LogP contribution in [-0.2, 0) is 22.9 Å². The van der Waals surface area contributed by atoms with E-state index in [4.69, 9.17) is 20.3 Å². The fourth-order valence-corrected chi connectivity index (χ4v) is 7.01. The number of rotatable bonds is 15. The third kappa shape index (κ3) is 11.9. The van der Waals surface area contributed by atoms with E-state index in [-0.39, 0.29) is 17.3 Å². The summed E-state index contributed by atoms with van der Waals surface area (Å²) >= 11 is 0. The number of nitrogens with two attached hydrogens (primary N) is 1. The average Bonchev–Trinajstić information content (AvgIpc) is 3.67. The molecule has 0 spiro atoms. The first kappa shape index (κ1) is 40.0. The maximum Gasteiger partial charge on any atom is 0.271 e. The van der Waals surface area contributed by atoms with Gasteiger partial charge >= 0.3 is 0 Å². The molecule has 2 N–H and O–H groups in total. The molecule has 0 amide bonds. The molecule has 0 aliphatic rings. The van der Waals surface area contributed by atoms with Crippen molar-refractivity contribution in [2.75, 3.05) is 18.9 Å².